The van der Waals surface area contributed by atoms with Crippen LogP contribution in [0, 0.1) is 6.92 Å². The normalized spacial score (nSPS) is 27.9. The minimum atomic E-state index is 0.409. The molecule has 0 bridgehead atoms. The quantitative estimate of drug-likeness (QED) is 0.840. The smallest absolute Gasteiger partial charge is 0.0735 e. The third kappa shape index (κ3) is 2.01. The summed E-state index contributed by atoms with van der Waals surface area (Å²) in [4.78, 5) is 0. The molecule has 0 radical (unpaired) electrons. The Kier molecular flexibility index (Phi) is 2.93. The first kappa shape index (κ1) is 10.2. The molecule has 1 saturated carbocycles. The minimum absolute atomic E-state index is 0.409. The predicted molar refractivity (Wildman–Crippen MR) is 60.1 cm³/mol. The largest absolute Gasteiger partial charge is 0.328 e. The molecule has 4 heteroatoms. The van der Waals surface area contributed by atoms with Gasteiger partial charge in [-0.15, -0.1) is 0 Å². The standard InChI is InChI=1S/C10H16BrN3/c1-7-10(11)6-14(13-7)9-4-2-8(12)3-5-9/h6,8-9H,2-5,12H2,1H3. The Morgan fingerprint density at radius 3 is 2.57 bits per heavy atom. The minimum Gasteiger partial charge on any atom is -0.328 e. The lowest BCUT2D eigenvalue weighted by Gasteiger charge is -2.26. The zero-order valence-corrected chi connectivity index (χ0v) is 10.00. The van der Waals surface area contributed by atoms with Crippen molar-refractivity contribution in [3.05, 3.63) is 16.4 Å². The van der Waals surface area contributed by atoms with Crippen LogP contribution in [-0.4, -0.2) is 15.8 Å². The highest BCUT2D eigenvalue weighted by Crippen LogP contribution is 2.28. The van der Waals surface area contributed by atoms with Gasteiger partial charge < -0.3 is 5.73 Å². The van der Waals surface area contributed by atoms with Crippen LogP contribution >= 0.6 is 15.9 Å². The summed E-state index contributed by atoms with van der Waals surface area (Å²) in [5, 5.41) is 4.49. The van der Waals surface area contributed by atoms with Crippen LogP contribution in [-0.2, 0) is 0 Å². The molecule has 1 aromatic heterocycles. The molecule has 78 valence electrons. The van der Waals surface area contributed by atoms with Gasteiger partial charge in [0.25, 0.3) is 0 Å². The highest BCUT2D eigenvalue weighted by Gasteiger charge is 2.20. The fourth-order valence-corrected chi connectivity index (χ4v) is 2.30. The van der Waals surface area contributed by atoms with Gasteiger partial charge in [0.05, 0.1) is 16.2 Å². The Labute approximate surface area is 92.8 Å². The van der Waals surface area contributed by atoms with Gasteiger partial charge in [-0.05, 0) is 48.5 Å². The van der Waals surface area contributed by atoms with Gasteiger partial charge in [0.2, 0.25) is 0 Å². The molecule has 0 atom stereocenters. The summed E-state index contributed by atoms with van der Waals surface area (Å²) < 4.78 is 3.19. The number of hydrogen-bond acceptors (Lipinski definition) is 2. The van der Waals surface area contributed by atoms with Crippen LogP contribution in [0.4, 0.5) is 0 Å². The summed E-state index contributed by atoms with van der Waals surface area (Å²) in [5.41, 5.74) is 6.94. The maximum Gasteiger partial charge on any atom is 0.0735 e. The number of aryl methyl sites for hydroxylation is 1. The highest BCUT2D eigenvalue weighted by atomic mass is 79.9. The Hall–Kier alpha value is -0.350. The van der Waals surface area contributed by atoms with E-state index in [4.69, 9.17) is 5.73 Å². The van der Waals surface area contributed by atoms with E-state index in [9.17, 15) is 0 Å². The van der Waals surface area contributed by atoms with Gasteiger partial charge in [0.15, 0.2) is 0 Å². The second-order valence-corrected chi connectivity index (χ2v) is 4.97. The van der Waals surface area contributed by atoms with E-state index in [1.807, 2.05) is 6.92 Å². The molecule has 14 heavy (non-hydrogen) atoms. The molecule has 2 rings (SSSR count). The SMILES string of the molecule is Cc1nn(C2CCC(N)CC2)cc1Br. The van der Waals surface area contributed by atoms with Crippen LogP contribution < -0.4 is 5.73 Å². The molecule has 0 unspecified atom stereocenters. The van der Waals surface area contributed by atoms with Crippen molar-refractivity contribution in [2.45, 2.75) is 44.7 Å². The van der Waals surface area contributed by atoms with E-state index in [2.05, 4.69) is 31.9 Å². The second kappa shape index (κ2) is 4.03. The van der Waals surface area contributed by atoms with Gasteiger partial charge in [-0.1, -0.05) is 0 Å². The molecule has 0 aromatic carbocycles. The van der Waals surface area contributed by atoms with Crippen LogP contribution in [0.25, 0.3) is 0 Å². The van der Waals surface area contributed by atoms with Gasteiger partial charge in [-0.25, -0.2) is 0 Å². The van der Waals surface area contributed by atoms with E-state index in [0.717, 1.165) is 35.8 Å². The molecule has 0 spiro atoms. The lowest BCUT2D eigenvalue weighted by atomic mass is 9.92. The maximum atomic E-state index is 5.87. The zero-order chi connectivity index (χ0) is 10.1. The third-order valence-electron chi connectivity index (χ3n) is 2.97. The monoisotopic (exact) mass is 257 g/mol. The van der Waals surface area contributed by atoms with Gasteiger partial charge in [-0.3, -0.25) is 4.68 Å². The summed E-state index contributed by atoms with van der Waals surface area (Å²) in [7, 11) is 0. The number of rotatable bonds is 1. The van der Waals surface area contributed by atoms with Crippen molar-refractivity contribution in [1.82, 2.24) is 9.78 Å². The van der Waals surface area contributed by atoms with E-state index in [-0.39, 0.29) is 0 Å². The third-order valence-corrected chi connectivity index (χ3v) is 3.75. The molecule has 1 fully saturated rings. The Morgan fingerprint density at radius 2 is 2.07 bits per heavy atom. The van der Waals surface area contributed by atoms with Crippen molar-refractivity contribution >= 4 is 15.9 Å². The van der Waals surface area contributed by atoms with E-state index < -0.39 is 0 Å². The van der Waals surface area contributed by atoms with Crippen LogP contribution in [0.15, 0.2) is 10.7 Å². The van der Waals surface area contributed by atoms with E-state index in [1.54, 1.807) is 0 Å². The summed E-state index contributed by atoms with van der Waals surface area (Å²) in [6.07, 6.45) is 6.66. The van der Waals surface area contributed by atoms with Crippen molar-refractivity contribution in [3.63, 3.8) is 0 Å². The predicted octanol–water partition coefficient (Wildman–Crippen LogP) is 2.40. The van der Waals surface area contributed by atoms with Crippen molar-refractivity contribution in [3.8, 4) is 0 Å². The van der Waals surface area contributed by atoms with Crippen molar-refractivity contribution in [2.24, 2.45) is 5.73 Å². The second-order valence-electron chi connectivity index (χ2n) is 4.11. The molecule has 0 saturated heterocycles. The van der Waals surface area contributed by atoms with E-state index in [1.165, 1.54) is 0 Å². The first-order valence-corrected chi connectivity index (χ1v) is 5.93. The summed E-state index contributed by atoms with van der Waals surface area (Å²) in [5.74, 6) is 0. The lowest BCUT2D eigenvalue weighted by Crippen LogP contribution is -2.28. The molecule has 1 heterocycles. The van der Waals surface area contributed by atoms with Gasteiger partial charge in [-0.2, -0.15) is 5.10 Å². The Morgan fingerprint density at radius 1 is 1.43 bits per heavy atom. The number of nitrogens with zero attached hydrogens (tertiary/aromatic N) is 2. The number of nitrogens with two attached hydrogens (primary N) is 1. The van der Waals surface area contributed by atoms with Gasteiger partial charge in [0, 0.05) is 12.2 Å². The Balaban J connectivity index is 2.08. The summed E-state index contributed by atoms with van der Waals surface area (Å²) in [6, 6.07) is 0.964. The number of aromatic nitrogens is 2. The van der Waals surface area contributed by atoms with Crippen LogP contribution in [0.2, 0.25) is 0 Å². The molecular formula is C10H16BrN3. The van der Waals surface area contributed by atoms with E-state index in [0.29, 0.717) is 12.1 Å². The molecule has 1 aliphatic rings. The average molecular weight is 258 g/mol. The molecule has 3 nitrogen and oxygen atoms in total. The van der Waals surface area contributed by atoms with Gasteiger partial charge in [0.1, 0.15) is 0 Å². The van der Waals surface area contributed by atoms with Crippen molar-refractivity contribution in [2.75, 3.05) is 0 Å². The summed E-state index contributed by atoms with van der Waals surface area (Å²) >= 11 is 3.49. The van der Waals surface area contributed by atoms with Crippen LogP contribution in [0.3, 0.4) is 0 Å². The van der Waals surface area contributed by atoms with Crippen LogP contribution in [0.1, 0.15) is 37.4 Å². The molecular weight excluding hydrogens is 242 g/mol. The highest BCUT2D eigenvalue weighted by molar-refractivity contribution is 9.10. The van der Waals surface area contributed by atoms with Gasteiger partial charge >= 0.3 is 0 Å². The van der Waals surface area contributed by atoms with Crippen molar-refractivity contribution < 1.29 is 0 Å². The molecule has 0 amide bonds. The topological polar surface area (TPSA) is 43.8 Å². The fourth-order valence-electron chi connectivity index (χ4n) is 2.01. The van der Waals surface area contributed by atoms with Crippen LogP contribution in [0.5, 0.6) is 0 Å². The lowest BCUT2D eigenvalue weighted by molar-refractivity contribution is 0.303. The maximum absolute atomic E-state index is 5.87. The first-order valence-electron chi connectivity index (χ1n) is 5.13. The average Bonchev–Trinajstić information content (AvgIpc) is 2.48. The first-order chi connectivity index (χ1) is 6.66. The Bertz CT molecular complexity index is 294. The zero-order valence-electron chi connectivity index (χ0n) is 8.41. The molecule has 0 aliphatic heterocycles. The number of hydrogen-bond donors (Lipinski definition) is 1. The number of halogens is 1. The van der Waals surface area contributed by atoms with E-state index >= 15 is 0 Å². The van der Waals surface area contributed by atoms with Crippen molar-refractivity contribution in [1.29, 1.82) is 0 Å². The molecule has 2 N–H and O–H groups in total. The fraction of sp³-hybridized carbons (Fsp3) is 0.700. The molecule has 1 aromatic rings. The summed E-state index contributed by atoms with van der Waals surface area (Å²) in [6.45, 7) is 2.02. The molecule has 1 aliphatic carbocycles.